The maximum Gasteiger partial charge on any atom is 0.335 e. The van der Waals surface area contributed by atoms with E-state index in [-0.39, 0.29) is 29.8 Å². The molecule has 0 spiro atoms. The van der Waals surface area contributed by atoms with Crippen molar-refractivity contribution in [2.45, 2.75) is 49.4 Å². The van der Waals surface area contributed by atoms with Gasteiger partial charge in [-0.25, -0.2) is 19.7 Å². The van der Waals surface area contributed by atoms with Crippen molar-refractivity contribution < 1.29 is 38.8 Å². The molecule has 2 aromatic carbocycles. The van der Waals surface area contributed by atoms with Crippen LogP contribution in [0.1, 0.15) is 17.4 Å². The largest absolute Gasteiger partial charge is 0.497 e. The van der Waals surface area contributed by atoms with Crippen LogP contribution in [0.2, 0.25) is 0 Å². The van der Waals surface area contributed by atoms with Crippen LogP contribution in [0, 0.1) is 0 Å². The van der Waals surface area contributed by atoms with Crippen LogP contribution in [-0.2, 0) is 32.0 Å². The number of hydrogen-bond donors (Lipinski definition) is 5. The molecule has 16 nitrogen and oxygen atoms in total. The number of imide groups is 1. The average Bonchev–Trinajstić information content (AvgIpc) is 3.63. The number of carboxylic acids is 1. The van der Waals surface area contributed by atoms with Crippen LogP contribution in [0.5, 0.6) is 11.5 Å². The van der Waals surface area contributed by atoms with Crippen LogP contribution in [0.4, 0.5) is 5.82 Å². The summed E-state index contributed by atoms with van der Waals surface area (Å²) in [4.78, 5) is 53.5. The number of rotatable bonds is 11. The molecule has 3 heterocycles. The average molecular weight is 635 g/mol. The van der Waals surface area contributed by atoms with Gasteiger partial charge in [-0.1, -0.05) is 24.3 Å². The van der Waals surface area contributed by atoms with Gasteiger partial charge in [0.05, 0.1) is 32.6 Å². The summed E-state index contributed by atoms with van der Waals surface area (Å²) in [5, 5.41) is 21.8. The summed E-state index contributed by atoms with van der Waals surface area (Å²) >= 11 is 0. The number of nitrogens with two attached hydrogens (primary N) is 3. The lowest BCUT2D eigenvalue weighted by Crippen LogP contribution is -2.62. The molecule has 6 atom stereocenters. The molecular weight excluding hydrogens is 600 g/mol. The van der Waals surface area contributed by atoms with E-state index in [0.29, 0.717) is 27.5 Å². The summed E-state index contributed by atoms with van der Waals surface area (Å²) in [7, 11) is 3.02. The third kappa shape index (κ3) is 6.32. The lowest BCUT2D eigenvalue weighted by atomic mass is 9.98. The Labute approximate surface area is 262 Å². The maximum absolute atomic E-state index is 14.1. The second kappa shape index (κ2) is 13.5. The van der Waals surface area contributed by atoms with Crippen molar-refractivity contribution in [2.24, 2.45) is 11.5 Å². The summed E-state index contributed by atoms with van der Waals surface area (Å²) < 4.78 is 17.4. The lowest BCUT2D eigenvalue weighted by Gasteiger charge is -2.34. The quantitative estimate of drug-likeness (QED) is 0.141. The fourth-order valence-electron chi connectivity index (χ4n) is 5.40. The number of aliphatic carboxylic acids is 1. The zero-order valence-electron chi connectivity index (χ0n) is 25.0. The molecule has 242 valence electrons. The second-order valence-electron chi connectivity index (χ2n) is 10.7. The first-order valence-electron chi connectivity index (χ1n) is 14.2. The third-order valence-electron chi connectivity index (χ3n) is 7.78. The topological polar surface area (TPSA) is 244 Å². The Balaban J connectivity index is 1.50. The van der Waals surface area contributed by atoms with Gasteiger partial charge in [0.1, 0.15) is 35.5 Å². The number of amides is 2. The number of nitrogens with zero attached hydrogens (tertiary/aromatic N) is 5. The number of imidazole rings is 1. The van der Waals surface area contributed by atoms with E-state index in [0.717, 1.165) is 0 Å². The molecule has 2 aromatic heterocycles. The highest BCUT2D eigenvalue weighted by atomic mass is 16.6. The number of ether oxygens (including phenoxy) is 3. The number of aliphatic hydroxyl groups is 1. The molecule has 4 aromatic rings. The van der Waals surface area contributed by atoms with Gasteiger partial charge in [-0.05, 0) is 48.2 Å². The minimum Gasteiger partial charge on any atom is -0.497 e. The molecular formula is C30H34N8O8. The fourth-order valence-corrected chi connectivity index (χ4v) is 5.40. The standard InChI is InChI=1S/C30H34N8O8/c1-44-17-7-3-15(4-8-17)11-19(31)27(40)38(28(41)20(32)12-16-5-9-18(45-2)10-6-16)22-23(39)29(46-24(22)30(42)43)37-14-36-21-25(33)34-13-35-26(21)37/h3-10,13-14,19-20,22-24,29,39H,11-12,31-32H2,1-2H3,(H,42,43)(H2,33,34,35)/t19-,20-,22-,23+,24-,29+/m0/s1. The molecule has 1 aliphatic heterocycles. The Kier molecular flexibility index (Phi) is 9.43. The number of fused-ring (bicyclic) bond motifs is 1. The van der Waals surface area contributed by atoms with Crippen molar-refractivity contribution in [3.63, 3.8) is 0 Å². The van der Waals surface area contributed by atoms with Crippen molar-refractivity contribution in [1.82, 2.24) is 24.4 Å². The Morgan fingerprint density at radius 1 is 0.913 bits per heavy atom. The van der Waals surface area contributed by atoms with E-state index in [2.05, 4.69) is 15.0 Å². The molecule has 0 aliphatic carbocycles. The molecule has 16 heteroatoms. The Hall–Kier alpha value is -5.16. The number of carbonyl (C=O) groups is 3. The van der Waals surface area contributed by atoms with Crippen molar-refractivity contribution in [1.29, 1.82) is 0 Å². The first-order chi connectivity index (χ1) is 22.0. The normalized spacial score (nSPS) is 20.6. The Bertz CT molecular complexity index is 1650. The van der Waals surface area contributed by atoms with Crippen molar-refractivity contribution in [2.75, 3.05) is 20.0 Å². The molecule has 5 rings (SSSR count). The van der Waals surface area contributed by atoms with Gasteiger partial charge in [0.2, 0.25) is 11.8 Å². The van der Waals surface area contributed by atoms with Crippen LogP contribution < -0.4 is 26.7 Å². The van der Waals surface area contributed by atoms with E-state index in [9.17, 15) is 24.6 Å². The molecule has 0 saturated carbocycles. The number of aromatic nitrogens is 4. The monoisotopic (exact) mass is 634 g/mol. The molecule has 1 saturated heterocycles. The number of hydrogen-bond acceptors (Lipinski definition) is 13. The summed E-state index contributed by atoms with van der Waals surface area (Å²) in [5.41, 5.74) is 20.2. The second-order valence-corrected chi connectivity index (χ2v) is 10.7. The van der Waals surface area contributed by atoms with E-state index < -0.39 is 54.3 Å². The van der Waals surface area contributed by atoms with Gasteiger partial charge in [0.15, 0.2) is 23.8 Å². The Morgan fingerprint density at radius 2 is 1.43 bits per heavy atom. The van der Waals surface area contributed by atoms with Gasteiger partial charge in [-0.15, -0.1) is 0 Å². The highest BCUT2D eigenvalue weighted by molar-refractivity contribution is 6.01. The van der Waals surface area contributed by atoms with Gasteiger partial charge in [0, 0.05) is 0 Å². The van der Waals surface area contributed by atoms with Crippen molar-refractivity contribution in [3.05, 3.63) is 72.3 Å². The maximum atomic E-state index is 14.1. The molecule has 8 N–H and O–H groups in total. The van der Waals surface area contributed by atoms with Gasteiger partial charge < -0.3 is 41.6 Å². The lowest BCUT2D eigenvalue weighted by molar-refractivity contribution is -0.159. The Morgan fingerprint density at radius 3 is 1.91 bits per heavy atom. The van der Waals surface area contributed by atoms with E-state index >= 15 is 0 Å². The predicted molar refractivity (Wildman–Crippen MR) is 162 cm³/mol. The van der Waals surface area contributed by atoms with Crippen LogP contribution in [-0.4, -0.2) is 97.0 Å². The molecule has 46 heavy (non-hydrogen) atoms. The van der Waals surface area contributed by atoms with Crippen molar-refractivity contribution in [3.8, 4) is 11.5 Å². The molecule has 0 unspecified atom stereocenters. The van der Waals surface area contributed by atoms with E-state index in [4.69, 9.17) is 31.4 Å². The number of methoxy groups -OCH3 is 2. The van der Waals surface area contributed by atoms with Gasteiger partial charge >= 0.3 is 5.97 Å². The van der Waals surface area contributed by atoms with E-state index in [1.807, 2.05) is 0 Å². The molecule has 0 bridgehead atoms. The number of aliphatic hydroxyl groups excluding tert-OH is 1. The zero-order chi connectivity index (χ0) is 33.1. The smallest absolute Gasteiger partial charge is 0.335 e. The number of nitrogen functional groups attached to an aromatic ring is 1. The SMILES string of the molecule is COc1ccc(C[C@H](N)C(=O)N(C(=O)[C@@H](N)Cc2ccc(OC)cc2)[C@H]2[C@@H](O)[C@H](n3cnc4c(N)ncnc43)O[C@@H]2C(=O)O)cc1. The zero-order valence-corrected chi connectivity index (χ0v) is 25.0. The van der Waals surface area contributed by atoms with Crippen LogP contribution in [0.15, 0.2) is 61.2 Å². The minimum atomic E-state index is -1.87. The molecule has 2 amide bonds. The third-order valence-corrected chi connectivity index (χ3v) is 7.78. The highest BCUT2D eigenvalue weighted by Gasteiger charge is 2.55. The van der Waals surface area contributed by atoms with Crippen LogP contribution >= 0.6 is 0 Å². The van der Waals surface area contributed by atoms with Crippen LogP contribution in [0.3, 0.4) is 0 Å². The van der Waals surface area contributed by atoms with E-state index in [1.165, 1.54) is 31.4 Å². The fraction of sp³-hybridized carbons (Fsp3) is 0.333. The minimum absolute atomic E-state index is 0.0203. The van der Waals surface area contributed by atoms with Crippen molar-refractivity contribution >= 4 is 34.8 Å². The molecule has 1 aliphatic rings. The summed E-state index contributed by atoms with van der Waals surface area (Å²) in [6.45, 7) is 0. The van der Waals surface area contributed by atoms with Gasteiger partial charge in [0.25, 0.3) is 0 Å². The summed E-state index contributed by atoms with van der Waals surface area (Å²) in [6.07, 6.45) is -2.72. The molecule has 0 radical (unpaired) electrons. The first-order valence-corrected chi connectivity index (χ1v) is 14.2. The van der Waals surface area contributed by atoms with Gasteiger partial charge in [-0.3, -0.25) is 19.1 Å². The van der Waals surface area contributed by atoms with E-state index in [1.54, 1.807) is 48.5 Å². The summed E-state index contributed by atoms with van der Waals surface area (Å²) in [5.74, 6) is -2.22. The number of benzene rings is 2. The van der Waals surface area contributed by atoms with Crippen LogP contribution in [0.25, 0.3) is 11.2 Å². The number of carboxylic acid groups (broad SMARTS) is 1. The predicted octanol–water partition coefficient (Wildman–Crippen LogP) is -0.368. The number of anilines is 1. The molecule has 1 fully saturated rings. The first kappa shape index (κ1) is 32.2. The summed E-state index contributed by atoms with van der Waals surface area (Å²) in [6, 6.07) is 9.17. The highest BCUT2D eigenvalue weighted by Crippen LogP contribution is 2.36. The van der Waals surface area contributed by atoms with Gasteiger partial charge in [-0.2, -0.15) is 0 Å². The number of carbonyl (C=O) groups excluding carboxylic acids is 2.